The first kappa shape index (κ1) is 41.3. The average Bonchev–Trinajstić information content (AvgIpc) is 3.05. The molecule has 2 aromatic rings. The Bertz CT molecular complexity index is 1350. The number of amides is 2. The molecule has 0 spiro atoms. The third-order valence-electron chi connectivity index (χ3n) is 7.31. The summed E-state index contributed by atoms with van der Waals surface area (Å²) in [5, 5.41) is 12.9. The van der Waals surface area contributed by atoms with Gasteiger partial charge in [0.1, 0.15) is 6.04 Å². The van der Waals surface area contributed by atoms with Gasteiger partial charge in [-0.3, -0.25) is 24.1 Å². The highest BCUT2D eigenvalue weighted by molar-refractivity contribution is 7.99. The van der Waals surface area contributed by atoms with E-state index in [1.807, 2.05) is 24.3 Å². The van der Waals surface area contributed by atoms with Gasteiger partial charge in [-0.05, 0) is 43.4 Å². The second kappa shape index (κ2) is 20.6. The van der Waals surface area contributed by atoms with Crippen molar-refractivity contribution in [1.82, 2.24) is 15.5 Å². The summed E-state index contributed by atoms with van der Waals surface area (Å²) in [4.78, 5) is 60.5. The van der Waals surface area contributed by atoms with Crippen molar-refractivity contribution in [2.45, 2.75) is 75.9 Å². The number of nitrogens with zero attached hydrogens (tertiary/aromatic N) is 1. The van der Waals surface area contributed by atoms with E-state index in [0.29, 0.717) is 18.4 Å². The Morgan fingerprint density at radius 1 is 0.837 bits per heavy atom. The van der Waals surface area contributed by atoms with E-state index in [2.05, 4.69) is 27.7 Å². The average molecular weight is 720 g/mol. The van der Waals surface area contributed by atoms with Gasteiger partial charge in [0.05, 0.1) is 5.75 Å². The van der Waals surface area contributed by atoms with Crippen molar-refractivity contribution in [3.8, 4) is 0 Å². The van der Waals surface area contributed by atoms with Gasteiger partial charge < -0.3 is 15.7 Å². The van der Waals surface area contributed by atoms with Crippen LogP contribution in [0.25, 0.3) is 0 Å². The summed E-state index contributed by atoms with van der Waals surface area (Å²) >= 11 is 0.855. The van der Waals surface area contributed by atoms with E-state index in [0.717, 1.165) is 44.2 Å². The summed E-state index contributed by atoms with van der Waals surface area (Å²) in [6.07, 6.45) is -7.27. The molecule has 9 nitrogen and oxygen atoms in total. The van der Waals surface area contributed by atoms with E-state index in [1.54, 1.807) is 24.3 Å². The number of alkyl halides is 6. The van der Waals surface area contributed by atoms with E-state index >= 15 is 0 Å². The molecule has 0 aromatic heterocycles. The van der Waals surface area contributed by atoms with Crippen LogP contribution in [0.4, 0.5) is 26.3 Å². The standard InChI is InChI=1S/C31H38F3N3O4S.C2HF3O2/c32-31(33,34)28(39)22-42-20-8-13-26(36-29(40)15-7-14-27(38)24-11-5-2-6-12-24)30(41)35-25-16-18-37(19-17-25)21-23-9-3-1-4-10-23;3-2(4,5)1(6)7/h1-6,9-12,25-26H,7-8,13-22H2,(H,35,41)(H,36,40);(H,6,7)/t26-;/m0./s1. The number of carboxylic acid groups (broad SMARTS) is 1. The zero-order valence-electron chi connectivity index (χ0n) is 26.5. The van der Waals surface area contributed by atoms with Gasteiger partial charge in [-0.15, -0.1) is 0 Å². The number of halogens is 6. The maximum absolute atomic E-state index is 13.2. The molecule has 2 aromatic carbocycles. The van der Waals surface area contributed by atoms with Crippen molar-refractivity contribution in [2.75, 3.05) is 24.6 Å². The number of aliphatic carboxylic acids is 1. The van der Waals surface area contributed by atoms with Crippen LogP contribution in [0.2, 0.25) is 0 Å². The summed E-state index contributed by atoms with van der Waals surface area (Å²) in [7, 11) is 0. The van der Waals surface area contributed by atoms with Gasteiger partial charge >= 0.3 is 18.3 Å². The first-order valence-electron chi connectivity index (χ1n) is 15.5. The van der Waals surface area contributed by atoms with Gasteiger partial charge in [-0.25, -0.2) is 4.79 Å². The Labute approximate surface area is 284 Å². The molecule has 0 radical (unpaired) electrons. The summed E-state index contributed by atoms with van der Waals surface area (Å²) in [6, 6.07) is 18.0. The van der Waals surface area contributed by atoms with Gasteiger partial charge in [-0.2, -0.15) is 38.1 Å². The van der Waals surface area contributed by atoms with E-state index < -0.39 is 35.9 Å². The van der Waals surface area contributed by atoms with Gasteiger partial charge in [-0.1, -0.05) is 60.7 Å². The highest BCUT2D eigenvalue weighted by Gasteiger charge is 2.38. The Hall–Kier alpha value is -3.92. The molecule has 1 saturated heterocycles. The Morgan fingerprint density at radius 2 is 1.41 bits per heavy atom. The molecular weight excluding hydrogens is 680 g/mol. The fourth-order valence-electron chi connectivity index (χ4n) is 4.73. The second-order valence-corrected chi connectivity index (χ2v) is 12.3. The number of carbonyl (C=O) groups excluding carboxylic acids is 4. The van der Waals surface area contributed by atoms with E-state index in [1.165, 1.54) is 5.56 Å². The number of ketones is 2. The molecule has 0 unspecified atom stereocenters. The SMILES string of the molecule is O=C(CCCC(=O)c1ccccc1)N[C@@H](CCCSCC(=O)C(F)(F)F)C(=O)NC1CCN(Cc2ccccc2)CC1.O=C(O)C(F)(F)F. The number of Topliss-reactive ketones (excluding diaryl/α,β-unsaturated/α-hetero) is 2. The lowest BCUT2D eigenvalue weighted by molar-refractivity contribution is -0.192. The highest BCUT2D eigenvalue weighted by Crippen LogP contribution is 2.20. The number of carboxylic acids is 1. The zero-order chi connectivity index (χ0) is 36.5. The maximum Gasteiger partial charge on any atom is 0.490 e. The first-order valence-corrected chi connectivity index (χ1v) is 16.6. The number of benzene rings is 2. The van der Waals surface area contributed by atoms with Gasteiger partial charge in [0.2, 0.25) is 17.6 Å². The largest absolute Gasteiger partial charge is 0.490 e. The molecular formula is C33H39F6N3O6S. The van der Waals surface area contributed by atoms with Crippen molar-refractivity contribution >= 4 is 41.1 Å². The molecule has 2 amide bonds. The molecule has 49 heavy (non-hydrogen) atoms. The topological polar surface area (TPSA) is 133 Å². The molecule has 3 rings (SSSR count). The number of piperidine rings is 1. The van der Waals surface area contributed by atoms with E-state index in [9.17, 15) is 45.5 Å². The second-order valence-electron chi connectivity index (χ2n) is 11.2. The number of likely N-dealkylation sites (tertiary alicyclic amines) is 1. The predicted molar refractivity (Wildman–Crippen MR) is 171 cm³/mol. The molecule has 16 heteroatoms. The van der Waals surface area contributed by atoms with E-state index in [4.69, 9.17) is 9.90 Å². The third kappa shape index (κ3) is 16.8. The van der Waals surface area contributed by atoms with Crippen LogP contribution in [0.15, 0.2) is 60.7 Å². The van der Waals surface area contributed by atoms with Gasteiger partial charge in [0.15, 0.2) is 5.78 Å². The molecule has 3 N–H and O–H groups in total. The summed E-state index contributed by atoms with van der Waals surface area (Å²) in [5.41, 5.74) is 1.80. The monoisotopic (exact) mass is 719 g/mol. The van der Waals surface area contributed by atoms with Crippen LogP contribution in [0.5, 0.6) is 0 Å². The number of hydrogen-bond acceptors (Lipinski definition) is 7. The number of rotatable bonds is 16. The molecule has 270 valence electrons. The number of hydrogen-bond donors (Lipinski definition) is 3. The maximum atomic E-state index is 13.2. The van der Waals surface area contributed by atoms with Crippen LogP contribution >= 0.6 is 11.8 Å². The van der Waals surface area contributed by atoms with Crippen molar-refractivity contribution in [1.29, 1.82) is 0 Å². The minimum atomic E-state index is -5.08. The lowest BCUT2D eigenvalue weighted by Crippen LogP contribution is -2.52. The van der Waals surface area contributed by atoms with Crippen molar-refractivity contribution in [3.05, 3.63) is 71.8 Å². The molecule has 1 heterocycles. The quantitative estimate of drug-likeness (QED) is 0.116. The molecule has 1 atom stereocenters. The number of nitrogens with one attached hydrogen (secondary N) is 2. The van der Waals surface area contributed by atoms with Gasteiger partial charge in [0, 0.05) is 44.1 Å². The molecule has 1 fully saturated rings. The van der Waals surface area contributed by atoms with Crippen molar-refractivity contribution in [3.63, 3.8) is 0 Å². The van der Waals surface area contributed by atoms with Crippen LogP contribution in [-0.2, 0) is 25.7 Å². The number of carbonyl (C=O) groups is 5. The third-order valence-corrected chi connectivity index (χ3v) is 8.36. The normalized spacial score (nSPS) is 14.6. The predicted octanol–water partition coefficient (Wildman–Crippen LogP) is 5.58. The van der Waals surface area contributed by atoms with Crippen molar-refractivity contribution in [2.24, 2.45) is 0 Å². The smallest absolute Gasteiger partial charge is 0.475 e. The minimum absolute atomic E-state index is 0.0498. The molecule has 1 aliphatic heterocycles. The van der Waals surface area contributed by atoms with E-state index in [-0.39, 0.29) is 48.7 Å². The van der Waals surface area contributed by atoms with Gasteiger partial charge in [0.25, 0.3) is 0 Å². The molecule has 0 saturated carbocycles. The Morgan fingerprint density at radius 3 is 1.96 bits per heavy atom. The van der Waals surface area contributed by atoms with Crippen LogP contribution in [0.3, 0.4) is 0 Å². The van der Waals surface area contributed by atoms with Crippen LogP contribution < -0.4 is 10.6 Å². The fourth-order valence-corrected chi connectivity index (χ4v) is 5.59. The summed E-state index contributed by atoms with van der Waals surface area (Å²) < 4.78 is 69.1. The lowest BCUT2D eigenvalue weighted by atomic mass is 10.0. The van der Waals surface area contributed by atoms with Crippen LogP contribution in [-0.4, -0.2) is 88.4 Å². The Balaban J connectivity index is 0.00000107. The Kier molecular flexibility index (Phi) is 17.3. The molecule has 0 bridgehead atoms. The highest BCUT2D eigenvalue weighted by atomic mass is 32.2. The first-order chi connectivity index (χ1) is 23.1. The van der Waals surface area contributed by atoms with Crippen LogP contribution in [0, 0.1) is 0 Å². The molecule has 1 aliphatic rings. The summed E-state index contributed by atoms with van der Waals surface area (Å²) in [6.45, 7) is 2.47. The lowest BCUT2D eigenvalue weighted by Gasteiger charge is -2.33. The zero-order valence-corrected chi connectivity index (χ0v) is 27.3. The van der Waals surface area contributed by atoms with Crippen molar-refractivity contribution < 1.29 is 55.4 Å². The molecule has 0 aliphatic carbocycles. The minimum Gasteiger partial charge on any atom is -0.475 e. The fraction of sp³-hybridized carbons (Fsp3) is 0.485. The van der Waals surface area contributed by atoms with Crippen LogP contribution in [0.1, 0.15) is 60.9 Å². The summed E-state index contributed by atoms with van der Waals surface area (Å²) in [5.74, 6) is -5.75. The number of thioether (sulfide) groups is 1.